The van der Waals surface area contributed by atoms with Crippen molar-refractivity contribution in [3.05, 3.63) is 35.4 Å². The summed E-state index contributed by atoms with van der Waals surface area (Å²) in [4.78, 5) is 23.1. The standard InChI is InChI=1S/C13H18N2O2.CH4N2/c1-4-9(2)15-13(17)11-7-5-10(6-8-11)12(16)14-3;2-1-3/h5-9H,4H2,1-3H3,(H,14,16)(H,15,17);1H,(H3,2,3)/t9-;/m0./s1. The molecular formula is C14H22N4O2. The third-order valence-electron chi connectivity index (χ3n) is 2.63. The molecule has 0 aromatic heterocycles. The third-order valence-corrected chi connectivity index (χ3v) is 2.63. The minimum Gasteiger partial charge on any atom is -0.390 e. The van der Waals surface area contributed by atoms with E-state index < -0.39 is 0 Å². The van der Waals surface area contributed by atoms with Gasteiger partial charge in [0.2, 0.25) is 0 Å². The highest BCUT2D eigenvalue weighted by molar-refractivity contribution is 5.97. The maximum Gasteiger partial charge on any atom is 0.251 e. The Kier molecular flexibility index (Phi) is 8.41. The molecule has 0 aliphatic carbocycles. The summed E-state index contributed by atoms with van der Waals surface area (Å²) in [6.07, 6.45) is 1.64. The lowest BCUT2D eigenvalue weighted by molar-refractivity contribution is 0.0934. The molecule has 0 unspecified atom stereocenters. The molecule has 1 aromatic carbocycles. The van der Waals surface area contributed by atoms with Crippen molar-refractivity contribution in [2.45, 2.75) is 26.3 Å². The molecule has 1 rings (SSSR count). The molecule has 0 aliphatic rings. The first kappa shape index (κ1) is 17.6. The lowest BCUT2D eigenvalue weighted by Crippen LogP contribution is -2.31. The van der Waals surface area contributed by atoms with Gasteiger partial charge in [0.1, 0.15) is 0 Å². The lowest BCUT2D eigenvalue weighted by Gasteiger charge is -2.11. The van der Waals surface area contributed by atoms with Crippen molar-refractivity contribution in [3.63, 3.8) is 0 Å². The molecule has 2 amide bonds. The van der Waals surface area contributed by atoms with Crippen molar-refractivity contribution in [2.24, 2.45) is 5.73 Å². The fourth-order valence-corrected chi connectivity index (χ4v) is 1.33. The Balaban J connectivity index is 0.00000110. The fourth-order valence-electron chi connectivity index (χ4n) is 1.33. The quantitative estimate of drug-likeness (QED) is 0.489. The fraction of sp³-hybridized carbons (Fsp3) is 0.357. The molecule has 0 fully saturated rings. The first-order valence-corrected chi connectivity index (χ1v) is 6.33. The van der Waals surface area contributed by atoms with Crippen LogP contribution in [0.3, 0.4) is 0 Å². The summed E-state index contributed by atoms with van der Waals surface area (Å²) in [6.45, 7) is 3.97. The SMILES string of the molecule is CC[C@H](C)NC(=O)c1ccc(C(=O)NC)cc1.N=CN. The molecule has 6 heteroatoms. The number of carbonyl (C=O) groups excluding carboxylic acids is 2. The zero-order valence-electron chi connectivity index (χ0n) is 12.1. The van der Waals surface area contributed by atoms with E-state index in [0.29, 0.717) is 11.1 Å². The van der Waals surface area contributed by atoms with Crippen LogP contribution in [0.4, 0.5) is 0 Å². The zero-order chi connectivity index (χ0) is 15.5. The average Bonchev–Trinajstić information content (AvgIpc) is 2.47. The number of nitrogens with two attached hydrogens (primary N) is 1. The van der Waals surface area contributed by atoms with Crippen molar-refractivity contribution >= 4 is 18.2 Å². The first-order chi connectivity index (χ1) is 9.49. The average molecular weight is 278 g/mol. The number of carbonyl (C=O) groups is 2. The third kappa shape index (κ3) is 5.99. The molecule has 1 aromatic rings. The molecule has 0 saturated carbocycles. The maximum absolute atomic E-state index is 11.8. The van der Waals surface area contributed by atoms with Gasteiger partial charge >= 0.3 is 0 Å². The van der Waals surface area contributed by atoms with E-state index in [4.69, 9.17) is 5.41 Å². The highest BCUT2D eigenvalue weighted by Gasteiger charge is 2.09. The summed E-state index contributed by atoms with van der Waals surface area (Å²) in [5.74, 6) is -0.262. The Morgan fingerprint density at radius 3 is 2.00 bits per heavy atom. The van der Waals surface area contributed by atoms with Crippen LogP contribution in [-0.2, 0) is 0 Å². The maximum atomic E-state index is 11.8. The van der Waals surface area contributed by atoms with Gasteiger partial charge in [0, 0.05) is 24.2 Å². The first-order valence-electron chi connectivity index (χ1n) is 6.33. The van der Waals surface area contributed by atoms with Crippen molar-refractivity contribution in [3.8, 4) is 0 Å². The van der Waals surface area contributed by atoms with E-state index in [0.717, 1.165) is 12.8 Å². The largest absolute Gasteiger partial charge is 0.390 e. The van der Waals surface area contributed by atoms with Gasteiger partial charge in [-0.15, -0.1) is 0 Å². The molecule has 0 spiro atoms. The van der Waals surface area contributed by atoms with Gasteiger partial charge < -0.3 is 16.4 Å². The summed E-state index contributed by atoms with van der Waals surface area (Å²) in [6, 6.07) is 6.75. The van der Waals surface area contributed by atoms with Gasteiger partial charge in [-0.2, -0.15) is 0 Å². The molecule has 20 heavy (non-hydrogen) atoms. The topological polar surface area (TPSA) is 108 Å². The summed E-state index contributed by atoms with van der Waals surface area (Å²) in [5, 5.41) is 11.3. The summed E-state index contributed by atoms with van der Waals surface area (Å²) >= 11 is 0. The second-order valence-electron chi connectivity index (χ2n) is 4.11. The molecule has 0 saturated heterocycles. The van der Waals surface area contributed by atoms with Crippen molar-refractivity contribution in [1.29, 1.82) is 5.41 Å². The van der Waals surface area contributed by atoms with Gasteiger partial charge in [-0.05, 0) is 37.6 Å². The van der Waals surface area contributed by atoms with Gasteiger partial charge in [-0.1, -0.05) is 6.92 Å². The van der Waals surface area contributed by atoms with Crippen LogP contribution >= 0.6 is 0 Å². The van der Waals surface area contributed by atoms with Gasteiger partial charge in [0.05, 0.1) is 6.34 Å². The van der Waals surface area contributed by atoms with Crippen molar-refractivity contribution < 1.29 is 9.59 Å². The van der Waals surface area contributed by atoms with E-state index >= 15 is 0 Å². The van der Waals surface area contributed by atoms with Crippen molar-refractivity contribution in [2.75, 3.05) is 7.05 Å². The highest BCUT2D eigenvalue weighted by Crippen LogP contribution is 2.05. The second kappa shape index (κ2) is 9.55. The normalized spacial score (nSPS) is 10.6. The van der Waals surface area contributed by atoms with E-state index in [1.54, 1.807) is 31.3 Å². The molecule has 5 N–H and O–H groups in total. The number of nitrogens with one attached hydrogen (secondary N) is 3. The molecule has 110 valence electrons. The number of rotatable bonds is 4. The van der Waals surface area contributed by atoms with Crippen LogP contribution in [0.15, 0.2) is 24.3 Å². The Bertz CT molecular complexity index is 443. The van der Waals surface area contributed by atoms with Crippen LogP contribution in [0.5, 0.6) is 0 Å². The lowest BCUT2D eigenvalue weighted by atomic mass is 10.1. The van der Waals surface area contributed by atoms with Crippen molar-refractivity contribution in [1.82, 2.24) is 10.6 Å². The molecule has 0 heterocycles. The Morgan fingerprint density at radius 1 is 1.25 bits per heavy atom. The van der Waals surface area contributed by atoms with E-state index in [1.165, 1.54) is 0 Å². The molecule has 6 nitrogen and oxygen atoms in total. The number of hydrogen-bond acceptors (Lipinski definition) is 3. The summed E-state index contributed by atoms with van der Waals surface area (Å²) < 4.78 is 0. The van der Waals surface area contributed by atoms with E-state index in [1.807, 2.05) is 13.8 Å². The van der Waals surface area contributed by atoms with Crippen LogP contribution in [0.25, 0.3) is 0 Å². The molecular weight excluding hydrogens is 256 g/mol. The minimum atomic E-state index is -0.154. The number of amides is 2. The van der Waals surface area contributed by atoms with Gasteiger partial charge in [0.15, 0.2) is 0 Å². The molecule has 0 bridgehead atoms. The second-order valence-corrected chi connectivity index (χ2v) is 4.11. The van der Waals surface area contributed by atoms with E-state index in [9.17, 15) is 9.59 Å². The molecule has 0 radical (unpaired) electrons. The van der Waals surface area contributed by atoms with Gasteiger partial charge in [-0.25, -0.2) is 0 Å². The van der Waals surface area contributed by atoms with E-state index in [-0.39, 0.29) is 17.9 Å². The summed E-state index contributed by atoms with van der Waals surface area (Å²) in [5.41, 5.74) is 5.51. The predicted molar refractivity (Wildman–Crippen MR) is 80.0 cm³/mol. The summed E-state index contributed by atoms with van der Waals surface area (Å²) in [7, 11) is 1.58. The van der Waals surface area contributed by atoms with E-state index in [2.05, 4.69) is 16.4 Å². The van der Waals surface area contributed by atoms with Crippen LogP contribution < -0.4 is 16.4 Å². The van der Waals surface area contributed by atoms with Crippen LogP contribution in [0.1, 0.15) is 41.0 Å². The zero-order valence-corrected chi connectivity index (χ0v) is 12.1. The minimum absolute atomic E-state index is 0.109. The molecule has 1 atom stereocenters. The van der Waals surface area contributed by atoms with Crippen LogP contribution in [-0.4, -0.2) is 31.2 Å². The Hall–Kier alpha value is -2.37. The smallest absolute Gasteiger partial charge is 0.251 e. The van der Waals surface area contributed by atoms with Crippen LogP contribution in [0, 0.1) is 5.41 Å². The van der Waals surface area contributed by atoms with Gasteiger partial charge in [0.25, 0.3) is 11.8 Å². The number of benzene rings is 1. The predicted octanol–water partition coefficient (Wildman–Crippen LogP) is 1.13. The van der Waals surface area contributed by atoms with Gasteiger partial charge in [-0.3, -0.25) is 15.0 Å². The Morgan fingerprint density at radius 2 is 1.65 bits per heavy atom. The number of hydrogen-bond donors (Lipinski definition) is 4. The molecule has 0 aliphatic heterocycles. The monoisotopic (exact) mass is 278 g/mol. The van der Waals surface area contributed by atoms with Crippen LogP contribution in [0.2, 0.25) is 0 Å². The highest BCUT2D eigenvalue weighted by atomic mass is 16.2. The Labute approximate surface area is 119 Å².